The lowest BCUT2D eigenvalue weighted by Gasteiger charge is -2.40. The molecular formula is C33H32F3N7O4S. The molecule has 1 spiro atoms. The maximum absolute atomic E-state index is 16.9. The third kappa shape index (κ3) is 5.09. The molecule has 0 bridgehead atoms. The van der Waals surface area contributed by atoms with Gasteiger partial charge in [0.15, 0.2) is 5.82 Å². The van der Waals surface area contributed by atoms with E-state index in [1.165, 1.54) is 30.5 Å². The zero-order chi connectivity index (χ0) is 33.4. The van der Waals surface area contributed by atoms with Crippen molar-refractivity contribution in [2.24, 2.45) is 0 Å². The third-order valence-electron chi connectivity index (χ3n) is 10.2. The maximum atomic E-state index is 16.9. The number of alkyl halides is 1. The van der Waals surface area contributed by atoms with E-state index in [1.807, 2.05) is 4.90 Å². The van der Waals surface area contributed by atoms with Crippen LogP contribution in [0.1, 0.15) is 37.7 Å². The SMILES string of the molecule is C#Cc1c(F)ccc2cc(O)cc(-c3ncc4c(N5CCCC6(CNS(=O)(=O)N6)C5)nc(OC[C@@]56CCCN5C[C@H](F)C6)nc4c3F)c12. The highest BCUT2D eigenvalue weighted by Crippen LogP contribution is 2.42. The van der Waals surface area contributed by atoms with Gasteiger partial charge in [-0.15, -0.1) is 6.42 Å². The van der Waals surface area contributed by atoms with Crippen LogP contribution in [0.3, 0.4) is 0 Å². The number of ether oxygens (including phenoxy) is 1. The second-order valence-electron chi connectivity index (χ2n) is 13.3. The molecule has 1 unspecified atom stereocenters. The average Bonchev–Trinajstić information content (AvgIpc) is 3.68. The van der Waals surface area contributed by atoms with Crippen LogP contribution in [0.4, 0.5) is 19.0 Å². The highest BCUT2D eigenvalue weighted by molar-refractivity contribution is 7.87. The first-order chi connectivity index (χ1) is 23.0. The lowest BCUT2D eigenvalue weighted by molar-refractivity contribution is 0.107. The normalized spacial score (nSPS) is 26.8. The van der Waals surface area contributed by atoms with Gasteiger partial charge in [-0.2, -0.15) is 23.1 Å². The lowest BCUT2D eigenvalue weighted by Crippen LogP contribution is -2.56. The molecule has 3 atom stereocenters. The fourth-order valence-electron chi connectivity index (χ4n) is 8.05. The molecule has 0 aliphatic carbocycles. The molecule has 4 aliphatic rings. The standard InChI is InChI=1S/C33H32F3N7O4S/c1-2-22-25(35)6-5-19-11-21(44)12-23(26(19)22)28-27(36)29-24(14-37-28)30(42-9-3-7-32(17-42)16-38-48(45,46)41-32)40-31(39-29)47-18-33-8-4-10-43(33)15-20(34)13-33/h1,5-6,11-12,14,20,38,41,44H,3-4,7-10,13,15-18H2/t20-,32?,33+/m1/s1. The van der Waals surface area contributed by atoms with E-state index in [-0.39, 0.29) is 64.6 Å². The molecule has 15 heteroatoms. The first kappa shape index (κ1) is 31.1. The zero-order valence-corrected chi connectivity index (χ0v) is 26.6. The number of benzene rings is 2. The van der Waals surface area contributed by atoms with E-state index in [9.17, 15) is 22.3 Å². The molecule has 4 aromatic rings. The molecule has 4 aliphatic heterocycles. The van der Waals surface area contributed by atoms with Gasteiger partial charge in [0.25, 0.3) is 10.2 Å². The van der Waals surface area contributed by atoms with E-state index in [4.69, 9.17) is 16.1 Å². The lowest BCUT2D eigenvalue weighted by atomic mass is 9.90. The number of phenols is 1. The number of nitrogens with one attached hydrogen (secondary N) is 2. The number of piperidine rings is 1. The smallest absolute Gasteiger partial charge is 0.319 e. The van der Waals surface area contributed by atoms with E-state index >= 15 is 4.39 Å². The summed E-state index contributed by atoms with van der Waals surface area (Å²) in [6.07, 6.45) is 9.26. The number of phenolic OH excluding ortho intramolecular Hbond substituents is 1. The molecular weight excluding hydrogens is 647 g/mol. The molecule has 6 heterocycles. The number of aromatic hydroxyl groups is 1. The summed E-state index contributed by atoms with van der Waals surface area (Å²) >= 11 is 0. The van der Waals surface area contributed by atoms with Crippen LogP contribution < -0.4 is 19.1 Å². The minimum atomic E-state index is -3.67. The largest absolute Gasteiger partial charge is 0.508 e. The van der Waals surface area contributed by atoms with Crippen molar-refractivity contribution in [2.45, 2.75) is 49.4 Å². The summed E-state index contributed by atoms with van der Waals surface area (Å²) in [5.41, 5.74) is -1.72. The van der Waals surface area contributed by atoms with Gasteiger partial charge in [0.1, 0.15) is 41.4 Å². The van der Waals surface area contributed by atoms with Gasteiger partial charge in [-0.25, -0.2) is 17.9 Å². The van der Waals surface area contributed by atoms with Crippen LogP contribution in [0, 0.1) is 24.0 Å². The van der Waals surface area contributed by atoms with Crippen molar-refractivity contribution in [1.82, 2.24) is 29.3 Å². The summed E-state index contributed by atoms with van der Waals surface area (Å²) < 4.78 is 82.3. The summed E-state index contributed by atoms with van der Waals surface area (Å²) in [7, 11) is -3.67. The highest BCUT2D eigenvalue weighted by Gasteiger charge is 2.49. The predicted octanol–water partition coefficient (Wildman–Crippen LogP) is 3.54. The summed E-state index contributed by atoms with van der Waals surface area (Å²) in [5, 5.41) is 11.4. The van der Waals surface area contributed by atoms with Crippen LogP contribution in [0.25, 0.3) is 32.9 Å². The van der Waals surface area contributed by atoms with Crippen LogP contribution >= 0.6 is 0 Å². The fraction of sp³-hybridized carbons (Fsp3) is 0.424. The zero-order valence-electron chi connectivity index (χ0n) is 25.8. The molecule has 0 radical (unpaired) electrons. The summed E-state index contributed by atoms with van der Waals surface area (Å²) in [6, 6.07) is 5.17. The van der Waals surface area contributed by atoms with Gasteiger partial charge < -0.3 is 14.7 Å². The minimum absolute atomic E-state index is 0.0725. The van der Waals surface area contributed by atoms with Crippen LogP contribution in [0.15, 0.2) is 30.5 Å². The van der Waals surface area contributed by atoms with Crippen LogP contribution in [0.5, 0.6) is 11.8 Å². The molecule has 2 aromatic heterocycles. The predicted molar refractivity (Wildman–Crippen MR) is 173 cm³/mol. The number of pyridine rings is 1. The van der Waals surface area contributed by atoms with Gasteiger partial charge in [-0.3, -0.25) is 9.88 Å². The minimum Gasteiger partial charge on any atom is -0.508 e. The number of hydrogen-bond acceptors (Lipinski definition) is 9. The van der Waals surface area contributed by atoms with E-state index in [0.29, 0.717) is 43.6 Å². The Hall–Kier alpha value is -4.23. The van der Waals surface area contributed by atoms with Crippen LogP contribution in [0.2, 0.25) is 0 Å². The number of nitrogens with zero attached hydrogens (tertiary/aromatic N) is 5. The number of rotatable bonds is 5. The third-order valence-corrected chi connectivity index (χ3v) is 11.4. The monoisotopic (exact) mass is 679 g/mol. The molecule has 3 N–H and O–H groups in total. The Morgan fingerprint density at radius 1 is 1.17 bits per heavy atom. The molecule has 2 aromatic carbocycles. The average molecular weight is 680 g/mol. The van der Waals surface area contributed by atoms with Crippen LogP contribution in [-0.4, -0.2) is 90.0 Å². The number of fused-ring (bicyclic) bond motifs is 3. The van der Waals surface area contributed by atoms with Crippen molar-refractivity contribution >= 4 is 37.7 Å². The van der Waals surface area contributed by atoms with Crippen molar-refractivity contribution in [3.05, 3.63) is 47.7 Å². The fourth-order valence-corrected chi connectivity index (χ4v) is 9.39. The molecule has 0 amide bonds. The quantitative estimate of drug-likeness (QED) is 0.271. The van der Waals surface area contributed by atoms with Crippen LogP contribution in [-0.2, 0) is 10.2 Å². The van der Waals surface area contributed by atoms with E-state index in [1.54, 1.807) is 0 Å². The van der Waals surface area contributed by atoms with Gasteiger partial charge in [0.2, 0.25) is 0 Å². The summed E-state index contributed by atoms with van der Waals surface area (Å²) in [4.78, 5) is 17.6. The Bertz CT molecular complexity index is 2150. The van der Waals surface area contributed by atoms with Crippen molar-refractivity contribution in [3.63, 3.8) is 0 Å². The summed E-state index contributed by atoms with van der Waals surface area (Å²) in [6.45, 7) is 2.09. The topological polar surface area (TPSA) is 133 Å². The summed E-state index contributed by atoms with van der Waals surface area (Å²) in [5.74, 6) is 0.875. The second kappa shape index (κ2) is 11.2. The molecule has 250 valence electrons. The van der Waals surface area contributed by atoms with E-state index < -0.39 is 39.1 Å². The first-order valence-corrected chi connectivity index (χ1v) is 17.3. The number of anilines is 1. The Morgan fingerprint density at radius 2 is 2.00 bits per heavy atom. The Morgan fingerprint density at radius 3 is 2.79 bits per heavy atom. The van der Waals surface area contributed by atoms with Gasteiger partial charge in [-0.05, 0) is 55.8 Å². The van der Waals surface area contributed by atoms with E-state index in [0.717, 1.165) is 19.4 Å². The Labute approximate surface area is 274 Å². The van der Waals surface area contributed by atoms with Crippen molar-refractivity contribution < 1.29 is 31.4 Å². The van der Waals surface area contributed by atoms with Crippen molar-refractivity contribution in [3.8, 4) is 35.4 Å². The number of aromatic nitrogens is 3. The number of halogens is 3. The van der Waals surface area contributed by atoms with Gasteiger partial charge in [-0.1, -0.05) is 12.0 Å². The number of terminal acetylenes is 1. The highest BCUT2D eigenvalue weighted by atomic mass is 32.2. The molecule has 11 nitrogen and oxygen atoms in total. The molecule has 0 saturated carbocycles. The van der Waals surface area contributed by atoms with Gasteiger partial charge >= 0.3 is 6.01 Å². The number of hydrogen-bond donors (Lipinski definition) is 3. The van der Waals surface area contributed by atoms with Gasteiger partial charge in [0.05, 0.1) is 22.0 Å². The van der Waals surface area contributed by atoms with Crippen molar-refractivity contribution in [2.75, 3.05) is 44.2 Å². The maximum Gasteiger partial charge on any atom is 0.319 e. The second-order valence-corrected chi connectivity index (χ2v) is 14.8. The molecule has 48 heavy (non-hydrogen) atoms. The first-order valence-electron chi connectivity index (χ1n) is 15.8. The van der Waals surface area contributed by atoms with Gasteiger partial charge in [0, 0.05) is 49.7 Å². The molecule has 4 saturated heterocycles. The Kier molecular flexibility index (Phi) is 7.22. The molecule has 4 fully saturated rings. The van der Waals surface area contributed by atoms with E-state index in [2.05, 4.69) is 30.2 Å². The molecule has 8 rings (SSSR count). The van der Waals surface area contributed by atoms with Crippen molar-refractivity contribution in [1.29, 1.82) is 0 Å². The Balaban J connectivity index is 1.27.